The maximum Gasteiger partial charge on any atom is 0.231 e. The van der Waals surface area contributed by atoms with Gasteiger partial charge in [-0.05, 0) is 43.4 Å². The van der Waals surface area contributed by atoms with Gasteiger partial charge in [-0.1, -0.05) is 18.9 Å². The first-order valence-corrected chi connectivity index (χ1v) is 9.06. The molecule has 4 rings (SSSR count). The number of rotatable bonds is 3. The average molecular weight is 339 g/mol. The Labute approximate surface area is 147 Å². The summed E-state index contributed by atoms with van der Waals surface area (Å²) < 4.78 is 2.07. The van der Waals surface area contributed by atoms with Gasteiger partial charge >= 0.3 is 0 Å². The van der Waals surface area contributed by atoms with Crippen LogP contribution in [0.5, 0.6) is 0 Å². The van der Waals surface area contributed by atoms with Crippen molar-refractivity contribution in [3.05, 3.63) is 30.0 Å². The topological polar surface area (TPSA) is 74.0 Å². The van der Waals surface area contributed by atoms with Crippen LogP contribution in [0.3, 0.4) is 0 Å². The number of guanidine groups is 1. The van der Waals surface area contributed by atoms with Crippen molar-refractivity contribution < 1.29 is 4.79 Å². The van der Waals surface area contributed by atoms with E-state index in [2.05, 4.69) is 22.3 Å². The molecule has 1 amide bonds. The van der Waals surface area contributed by atoms with Crippen molar-refractivity contribution in [1.82, 2.24) is 20.0 Å². The molecule has 0 spiro atoms. The van der Waals surface area contributed by atoms with Gasteiger partial charge in [0.1, 0.15) is 0 Å². The smallest absolute Gasteiger partial charge is 0.231 e. The Hall–Kier alpha value is -2.37. The van der Waals surface area contributed by atoms with E-state index in [0.29, 0.717) is 6.42 Å². The summed E-state index contributed by atoms with van der Waals surface area (Å²) in [5.41, 5.74) is 1.45. The standard InChI is InChI=1S/C19H25N5O/c1-19(10-17(25)23(2)18(20)21-19)15-7-8-16-14(9-15)12-24(22-16)11-13-5-3-4-6-13/h7-9,12-13H,3-6,10-11H2,1-2H3,(H2,20,21)/t19-/m0/s1. The van der Waals surface area contributed by atoms with Gasteiger partial charge in [-0.2, -0.15) is 5.10 Å². The number of nitrogens with one attached hydrogen (secondary N) is 2. The van der Waals surface area contributed by atoms with Crippen molar-refractivity contribution in [2.75, 3.05) is 7.05 Å². The van der Waals surface area contributed by atoms with Crippen LogP contribution >= 0.6 is 0 Å². The van der Waals surface area contributed by atoms with Crippen molar-refractivity contribution in [1.29, 1.82) is 5.41 Å². The molecule has 1 aromatic carbocycles. The molecule has 2 heterocycles. The molecule has 6 nitrogen and oxygen atoms in total. The van der Waals surface area contributed by atoms with Crippen molar-refractivity contribution >= 4 is 22.8 Å². The molecule has 1 saturated heterocycles. The molecule has 0 radical (unpaired) electrons. The predicted octanol–water partition coefficient (Wildman–Crippen LogP) is 2.83. The second-order valence-electron chi connectivity index (χ2n) is 7.71. The number of carbonyl (C=O) groups excluding carboxylic acids is 1. The van der Waals surface area contributed by atoms with Crippen molar-refractivity contribution in [3.8, 4) is 0 Å². The van der Waals surface area contributed by atoms with Crippen LogP contribution in [0, 0.1) is 11.3 Å². The van der Waals surface area contributed by atoms with Crippen LogP contribution in [0.15, 0.2) is 24.4 Å². The minimum absolute atomic E-state index is 0.0386. The van der Waals surface area contributed by atoms with Crippen LogP contribution in [-0.2, 0) is 16.9 Å². The van der Waals surface area contributed by atoms with Crippen molar-refractivity contribution in [2.45, 2.75) is 51.1 Å². The van der Waals surface area contributed by atoms with E-state index in [1.54, 1.807) is 7.05 Å². The Morgan fingerprint density at radius 2 is 2.12 bits per heavy atom. The zero-order chi connectivity index (χ0) is 17.6. The van der Waals surface area contributed by atoms with E-state index in [1.807, 2.05) is 19.1 Å². The highest BCUT2D eigenvalue weighted by Gasteiger charge is 2.38. The van der Waals surface area contributed by atoms with E-state index < -0.39 is 5.54 Å². The van der Waals surface area contributed by atoms with Crippen LogP contribution in [0.4, 0.5) is 0 Å². The van der Waals surface area contributed by atoms with Gasteiger partial charge in [-0.15, -0.1) is 0 Å². The summed E-state index contributed by atoms with van der Waals surface area (Å²) in [7, 11) is 1.63. The Morgan fingerprint density at radius 1 is 1.36 bits per heavy atom. The lowest BCUT2D eigenvalue weighted by Gasteiger charge is -2.39. The molecule has 1 aliphatic heterocycles. The zero-order valence-electron chi connectivity index (χ0n) is 14.9. The van der Waals surface area contributed by atoms with E-state index in [4.69, 9.17) is 10.5 Å². The predicted molar refractivity (Wildman–Crippen MR) is 97.3 cm³/mol. The van der Waals surface area contributed by atoms with Gasteiger partial charge < -0.3 is 5.32 Å². The number of carbonyl (C=O) groups is 1. The summed E-state index contributed by atoms with van der Waals surface area (Å²) in [4.78, 5) is 13.5. The molecular weight excluding hydrogens is 314 g/mol. The third-order valence-electron chi connectivity index (χ3n) is 5.72. The third-order valence-corrected chi connectivity index (χ3v) is 5.72. The molecule has 2 aromatic rings. The molecular formula is C19H25N5O. The molecule has 0 bridgehead atoms. The number of nitrogens with zero attached hydrogens (tertiary/aromatic N) is 3. The number of benzene rings is 1. The number of hydrogen-bond donors (Lipinski definition) is 2. The molecule has 2 fully saturated rings. The first kappa shape index (κ1) is 16.1. The monoisotopic (exact) mass is 339 g/mol. The number of aromatic nitrogens is 2. The largest absolute Gasteiger partial charge is 0.346 e. The van der Waals surface area contributed by atoms with Gasteiger partial charge in [0, 0.05) is 25.2 Å². The minimum atomic E-state index is -0.553. The first-order valence-electron chi connectivity index (χ1n) is 9.06. The molecule has 1 aliphatic carbocycles. The van der Waals surface area contributed by atoms with E-state index in [-0.39, 0.29) is 11.9 Å². The van der Waals surface area contributed by atoms with Crippen molar-refractivity contribution in [2.24, 2.45) is 5.92 Å². The molecule has 2 N–H and O–H groups in total. The molecule has 0 unspecified atom stereocenters. The lowest BCUT2D eigenvalue weighted by Crippen LogP contribution is -2.58. The Balaban J connectivity index is 1.62. The molecule has 25 heavy (non-hydrogen) atoms. The van der Waals surface area contributed by atoms with Gasteiger partial charge in [0.05, 0.1) is 17.5 Å². The van der Waals surface area contributed by atoms with Gasteiger partial charge in [-0.3, -0.25) is 19.8 Å². The summed E-state index contributed by atoms with van der Waals surface area (Å²) >= 11 is 0. The lowest BCUT2D eigenvalue weighted by atomic mass is 9.86. The summed E-state index contributed by atoms with van der Waals surface area (Å²) in [6.45, 7) is 2.98. The van der Waals surface area contributed by atoms with E-state index in [0.717, 1.165) is 28.9 Å². The summed E-state index contributed by atoms with van der Waals surface area (Å²) in [6.07, 6.45) is 7.75. The SMILES string of the molecule is CN1C(=N)N[C@](C)(c2ccc3nn(CC4CCCC4)cc3c2)CC1=O. The summed E-state index contributed by atoms with van der Waals surface area (Å²) in [5, 5.41) is 17.0. The van der Waals surface area contributed by atoms with Crippen LogP contribution in [0.1, 0.15) is 44.6 Å². The number of hydrogen-bond acceptors (Lipinski definition) is 3. The van der Waals surface area contributed by atoms with Gasteiger partial charge in [0.2, 0.25) is 5.91 Å². The fourth-order valence-electron chi connectivity index (χ4n) is 4.08. The fraction of sp³-hybridized carbons (Fsp3) is 0.526. The van der Waals surface area contributed by atoms with Gasteiger partial charge in [0.25, 0.3) is 0 Å². The molecule has 6 heteroatoms. The zero-order valence-corrected chi connectivity index (χ0v) is 14.9. The van der Waals surface area contributed by atoms with Gasteiger partial charge in [0.15, 0.2) is 5.96 Å². The fourth-order valence-corrected chi connectivity index (χ4v) is 4.08. The molecule has 1 saturated carbocycles. The molecule has 1 atom stereocenters. The third kappa shape index (κ3) is 2.90. The molecule has 132 valence electrons. The lowest BCUT2D eigenvalue weighted by molar-refractivity contribution is -0.129. The van der Waals surface area contributed by atoms with Crippen LogP contribution in [-0.4, -0.2) is 33.6 Å². The highest BCUT2D eigenvalue weighted by Crippen LogP contribution is 2.31. The summed E-state index contributed by atoms with van der Waals surface area (Å²) in [6, 6.07) is 6.15. The highest BCUT2D eigenvalue weighted by molar-refractivity contribution is 5.99. The number of fused-ring (bicyclic) bond motifs is 1. The maximum atomic E-state index is 12.2. The Morgan fingerprint density at radius 3 is 2.84 bits per heavy atom. The Bertz CT molecular complexity index is 815. The quantitative estimate of drug-likeness (QED) is 0.903. The van der Waals surface area contributed by atoms with Crippen molar-refractivity contribution in [3.63, 3.8) is 0 Å². The van der Waals surface area contributed by atoms with E-state index >= 15 is 0 Å². The van der Waals surface area contributed by atoms with Crippen LogP contribution in [0.2, 0.25) is 0 Å². The van der Waals surface area contributed by atoms with Crippen LogP contribution in [0.25, 0.3) is 10.9 Å². The Kier molecular flexibility index (Phi) is 3.78. The van der Waals surface area contributed by atoms with E-state index in [9.17, 15) is 4.79 Å². The normalized spacial score (nSPS) is 25.0. The second-order valence-corrected chi connectivity index (χ2v) is 7.71. The maximum absolute atomic E-state index is 12.2. The molecule has 2 aliphatic rings. The highest BCUT2D eigenvalue weighted by atomic mass is 16.2. The average Bonchev–Trinajstić information content (AvgIpc) is 3.21. The van der Waals surface area contributed by atoms with Crippen LogP contribution < -0.4 is 5.32 Å². The van der Waals surface area contributed by atoms with Gasteiger partial charge in [-0.25, -0.2) is 0 Å². The molecule has 1 aromatic heterocycles. The minimum Gasteiger partial charge on any atom is -0.346 e. The summed E-state index contributed by atoms with van der Waals surface area (Å²) in [5.74, 6) is 0.860. The second kappa shape index (κ2) is 5.86. The first-order chi connectivity index (χ1) is 11.9. The van der Waals surface area contributed by atoms with E-state index in [1.165, 1.54) is 30.6 Å². The number of amides is 1.